The van der Waals surface area contributed by atoms with Crippen molar-refractivity contribution in [2.24, 2.45) is 5.41 Å². The van der Waals surface area contributed by atoms with E-state index in [1.165, 1.54) is 12.3 Å². The van der Waals surface area contributed by atoms with Gasteiger partial charge in [-0.15, -0.1) is 0 Å². The molecule has 1 aromatic heterocycles. The third-order valence-corrected chi connectivity index (χ3v) is 2.32. The molecular weight excluding hydrogens is 221 g/mol. The summed E-state index contributed by atoms with van der Waals surface area (Å²) in [6.07, 6.45) is 2.14. The van der Waals surface area contributed by atoms with Gasteiger partial charge >= 0.3 is 0 Å². The number of rotatable bonds is 3. The molecule has 0 saturated carbocycles. The maximum Gasteiger partial charge on any atom is 0.254 e. The van der Waals surface area contributed by atoms with Crippen LogP contribution in [0.4, 0.5) is 10.2 Å². The molecule has 0 fully saturated rings. The van der Waals surface area contributed by atoms with E-state index in [-0.39, 0.29) is 16.8 Å². The van der Waals surface area contributed by atoms with E-state index in [0.29, 0.717) is 6.54 Å². The molecule has 1 heterocycles. The summed E-state index contributed by atoms with van der Waals surface area (Å²) in [7, 11) is 0. The number of hydrogen-bond donors (Lipinski definition) is 2. The number of nitrogens with two attached hydrogens (primary N) is 1. The first-order chi connectivity index (χ1) is 7.81. The molecule has 1 rings (SSSR count). The van der Waals surface area contributed by atoms with Crippen LogP contribution in [-0.4, -0.2) is 17.4 Å². The van der Waals surface area contributed by atoms with Crippen LogP contribution in [0.1, 0.15) is 37.6 Å². The van der Waals surface area contributed by atoms with Gasteiger partial charge in [-0.05, 0) is 17.9 Å². The zero-order valence-corrected chi connectivity index (χ0v) is 10.4. The summed E-state index contributed by atoms with van der Waals surface area (Å²) in [6.45, 7) is 6.72. The van der Waals surface area contributed by atoms with Crippen LogP contribution in [0.5, 0.6) is 0 Å². The Morgan fingerprint density at radius 2 is 2.18 bits per heavy atom. The number of nitrogen functional groups attached to an aromatic ring is 1. The van der Waals surface area contributed by atoms with Crippen LogP contribution < -0.4 is 11.1 Å². The van der Waals surface area contributed by atoms with Crippen molar-refractivity contribution in [1.82, 2.24) is 10.3 Å². The Balaban J connectivity index is 2.62. The lowest BCUT2D eigenvalue weighted by Gasteiger charge is -2.18. The van der Waals surface area contributed by atoms with Crippen LogP contribution >= 0.6 is 0 Å². The largest absolute Gasteiger partial charge is 0.381 e. The summed E-state index contributed by atoms with van der Waals surface area (Å²) in [6, 6.07) is 1.32. The highest BCUT2D eigenvalue weighted by atomic mass is 19.1. The Kier molecular flexibility index (Phi) is 4.04. The second-order valence-electron chi connectivity index (χ2n) is 5.12. The van der Waals surface area contributed by atoms with Gasteiger partial charge in [-0.1, -0.05) is 20.8 Å². The normalized spacial score (nSPS) is 11.3. The third-order valence-electron chi connectivity index (χ3n) is 2.32. The molecule has 0 aliphatic heterocycles. The predicted molar refractivity (Wildman–Crippen MR) is 65.0 cm³/mol. The molecule has 0 bridgehead atoms. The summed E-state index contributed by atoms with van der Waals surface area (Å²) < 4.78 is 13.5. The van der Waals surface area contributed by atoms with E-state index in [1.807, 2.05) is 0 Å². The second-order valence-corrected chi connectivity index (χ2v) is 5.12. The van der Waals surface area contributed by atoms with Crippen molar-refractivity contribution in [1.29, 1.82) is 0 Å². The topological polar surface area (TPSA) is 68.0 Å². The summed E-state index contributed by atoms with van der Waals surface area (Å²) in [5.41, 5.74) is 5.35. The smallest absolute Gasteiger partial charge is 0.254 e. The first-order valence-electron chi connectivity index (χ1n) is 5.49. The van der Waals surface area contributed by atoms with Crippen LogP contribution in [0.2, 0.25) is 0 Å². The maximum atomic E-state index is 13.5. The van der Waals surface area contributed by atoms with Crippen molar-refractivity contribution in [2.75, 3.05) is 12.3 Å². The maximum absolute atomic E-state index is 13.5. The van der Waals surface area contributed by atoms with E-state index >= 15 is 0 Å². The van der Waals surface area contributed by atoms with Crippen LogP contribution in [0.15, 0.2) is 12.3 Å². The van der Waals surface area contributed by atoms with Crippen molar-refractivity contribution in [3.8, 4) is 0 Å². The number of carbonyl (C=O) groups excluding carboxylic acids is 1. The molecule has 0 unspecified atom stereocenters. The number of hydrogen-bond acceptors (Lipinski definition) is 3. The predicted octanol–water partition coefficient (Wildman–Crippen LogP) is 1.97. The molecular formula is C12H18FN3O. The molecule has 0 aliphatic rings. The molecule has 1 amide bonds. The highest BCUT2D eigenvalue weighted by molar-refractivity contribution is 5.95. The van der Waals surface area contributed by atoms with Gasteiger partial charge < -0.3 is 11.1 Å². The van der Waals surface area contributed by atoms with Gasteiger partial charge in [-0.2, -0.15) is 0 Å². The first kappa shape index (κ1) is 13.4. The van der Waals surface area contributed by atoms with Crippen molar-refractivity contribution >= 4 is 11.7 Å². The third kappa shape index (κ3) is 4.01. The monoisotopic (exact) mass is 239 g/mol. The van der Waals surface area contributed by atoms with Gasteiger partial charge in [0.2, 0.25) is 0 Å². The number of amides is 1. The van der Waals surface area contributed by atoms with Crippen molar-refractivity contribution in [2.45, 2.75) is 27.2 Å². The molecule has 4 nitrogen and oxygen atoms in total. The number of nitrogens with zero attached hydrogens (tertiary/aromatic N) is 1. The highest BCUT2D eigenvalue weighted by Crippen LogP contribution is 2.17. The van der Waals surface area contributed by atoms with Crippen molar-refractivity contribution in [3.05, 3.63) is 23.6 Å². The minimum absolute atomic E-state index is 0.0635. The Labute approximate surface area is 100 Å². The molecule has 94 valence electrons. The number of pyridine rings is 1. The van der Waals surface area contributed by atoms with E-state index in [0.717, 1.165) is 6.42 Å². The number of nitrogens with one attached hydrogen (secondary N) is 1. The molecule has 0 aliphatic carbocycles. The molecule has 0 aromatic carbocycles. The van der Waals surface area contributed by atoms with Crippen LogP contribution in [0.3, 0.4) is 0 Å². The Morgan fingerprint density at radius 1 is 1.53 bits per heavy atom. The zero-order chi connectivity index (χ0) is 13.1. The van der Waals surface area contributed by atoms with Crippen LogP contribution in [0, 0.1) is 11.2 Å². The van der Waals surface area contributed by atoms with E-state index in [9.17, 15) is 9.18 Å². The second kappa shape index (κ2) is 5.12. The molecule has 1 aromatic rings. The van der Waals surface area contributed by atoms with Gasteiger partial charge in [0.25, 0.3) is 5.91 Å². The van der Waals surface area contributed by atoms with E-state index < -0.39 is 11.7 Å². The van der Waals surface area contributed by atoms with E-state index in [1.54, 1.807) is 0 Å². The summed E-state index contributed by atoms with van der Waals surface area (Å²) in [4.78, 5) is 15.2. The van der Waals surface area contributed by atoms with Gasteiger partial charge in [0.1, 0.15) is 0 Å². The molecule has 17 heavy (non-hydrogen) atoms. The highest BCUT2D eigenvalue weighted by Gasteiger charge is 2.15. The lowest BCUT2D eigenvalue weighted by molar-refractivity contribution is 0.0945. The lowest BCUT2D eigenvalue weighted by atomic mass is 9.92. The Hall–Kier alpha value is -1.65. The minimum Gasteiger partial charge on any atom is -0.381 e. The fourth-order valence-electron chi connectivity index (χ4n) is 1.28. The standard InChI is InChI=1S/C12H18FN3O/c1-12(2,3)5-7-16-11(17)8-4-6-15-10(14)9(8)13/h4,6H,5,7H2,1-3H3,(H2,14,15)(H,16,17). The molecule has 0 radical (unpaired) electrons. The Morgan fingerprint density at radius 3 is 2.76 bits per heavy atom. The minimum atomic E-state index is -0.763. The van der Waals surface area contributed by atoms with Crippen LogP contribution in [-0.2, 0) is 0 Å². The summed E-state index contributed by atoms with van der Waals surface area (Å²) in [5, 5.41) is 2.66. The average molecular weight is 239 g/mol. The number of aromatic nitrogens is 1. The fourth-order valence-corrected chi connectivity index (χ4v) is 1.28. The van der Waals surface area contributed by atoms with Gasteiger partial charge in [0.05, 0.1) is 5.56 Å². The van der Waals surface area contributed by atoms with Gasteiger partial charge in [-0.25, -0.2) is 9.37 Å². The Bertz CT molecular complexity index is 413. The molecule has 0 saturated heterocycles. The fraction of sp³-hybridized carbons (Fsp3) is 0.500. The van der Waals surface area contributed by atoms with E-state index in [2.05, 4.69) is 31.1 Å². The van der Waals surface area contributed by atoms with Gasteiger partial charge in [0, 0.05) is 12.7 Å². The lowest BCUT2D eigenvalue weighted by Crippen LogP contribution is -2.28. The average Bonchev–Trinajstić information content (AvgIpc) is 2.20. The van der Waals surface area contributed by atoms with Crippen molar-refractivity contribution in [3.63, 3.8) is 0 Å². The SMILES string of the molecule is CC(C)(C)CCNC(=O)c1ccnc(N)c1F. The molecule has 0 spiro atoms. The van der Waals surface area contributed by atoms with Gasteiger partial charge in [0.15, 0.2) is 11.6 Å². The number of anilines is 1. The van der Waals surface area contributed by atoms with Crippen LogP contribution in [0.25, 0.3) is 0 Å². The molecule has 3 N–H and O–H groups in total. The first-order valence-corrected chi connectivity index (χ1v) is 5.49. The number of halogens is 1. The molecule has 5 heteroatoms. The van der Waals surface area contributed by atoms with Crippen molar-refractivity contribution < 1.29 is 9.18 Å². The summed E-state index contributed by atoms with van der Waals surface area (Å²) >= 11 is 0. The summed E-state index contributed by atoms with van der Waals surface area (Å²) in [5.74, 6) is -1.48. The van der Waals surface area contributed by atoms with Gasteiger partial charge in [-0.3, -0.25) is 4.79 Å². The molecule has 0 atom stereocenters. The zero-order valence-electron chi connectivity index (χ0n) is 10.4. The number of carbonyl (C=O) groups is 1. The quantitative estimate of drug-likeness (QED) is 0.847. The van der Waals surface area contributed by atoms with E-state index in [4.69, 9.17) is 5.73 Å².